The lowest BCUT2D eigenvalue weighted by atomic mass is 9.83. The van der Waals surface area contributed by atoms with Crippen molar-refractivity contribution in [2.24, 2.45) is 5.11 Å². The van der Waals surface area contributed by atoms with Crippen LogP contribution >= 0.6 is 0 Å². The Bertz CT molecular complexity index is 2960. The molecule has 16 heteroatoms. The van der Waals surface area contributed by atoms with Gasteiger partial charge in [-0.25, -0.2) is 9.37 Å². The van der Waals surface area contributed by atoms with E-state index in [9.17, 15) is 32.5 Å². The third-order valence-corrected chi connectivity index (χ3v) is 12.6. The first-order chi connectivity index (χ1) is 29.2. The second kappa shape index (κ2) is 16.3. The molecule has 3 aliphatic heterocycles. The van der Waals surface area contributed by atoms with Crippen molar-refractivity contribution in [2.45, 2.75) is 71.5 Å². The number of benzene rings is 3. The molecule has 0 radical (unpaired) electrons. The number of amides is 1. The Morgan fingerprint density at radius 2 is 1.71 bits per heavy atom. The summed E-state index contributed by atoms with van der Waals surface area (Å²) in [6, 6.07) is 15.2. The quantitative estimate of drug-likeness (QED) is 0.0221. The predicted octanol–water partition coefficient (Wildman–Crippen LogP) is 6.54. The van der Waals surface area contributed by atoms with Gasteiger partial charge >= 0.3 is 5.97 Å². The van der Waals surface area contributed by atoms with Crippen molar-refractivity contribution in [3.63, 3.8) is 0 Å². The average Bonchev–Trinajstić information content (AvgIpc) is 3.22. The van der Waals surface area contributed by atoms with Gasteiger partial charge in [0.25, 0.3) is 16.0 Å². The number of pyridine rings is 1. The lowest BCUT2D eigenvalue weighted by Crippen LogP contribution is -2.47. The number of carboxylic acid groups (broad SMARTS) is 1. The van der Waals surface area contributed by atoms with E-state index in [1.807, 2.05) is 51.0 Å². The minimum Gasteiger partial charge on any atom is -0.478 e. The number of aromatic nitrogens is 1. The molecule has 0 bridgehead atoms. The van der Waals surface area contributed by atoms with E-state index in [-0.39, 0.29) is 42.0 Å². The molecule has 0 unspecified atom stereocenters. The summed E-state index contributed by atoms with van der Waals surface area (Å²) in [6.45, 7) is 10.4. The number of nitrogens with one attached hydrogen (secondary N) is 1. The third-order valence-electron chi connectivity index (χ3n) is 12.0. The molecule has 0 aliphatic carbocycles. The van der Waals surface area contributed by atoms with Gasteiger partial charge in [0.15, 0.2) is 11.3 Å². The van der Waals surface area contributed by atoms with Gasteiger partial charge in [-0.3, -0.25) is 19.1 Å². The SMILES string of the molecule is CCC1=CC(C)(C)[N+](C)=c2cc3c(cc21)=C(c1ccc(C(=O)NCCCC(=O)c2ccnc(CN=[N+]=[N-])c2)cc1C(=O)O)c1cc2c(cc1O3)N(C)C(C)(C)C=C2CS(=O)(=O)O. The number of carbonyl (C=O) groups is 3. The molecule has 0 fully saturated rings. The van der Waals surface area contributed by atoms with Crippen LogP contribution in [0.15, 0.2) is 78.1 Å². The number of ketones is 1. The van der Waals surface area contributed by atoms with E-state index < -0.39 is 33.3 Å². The van der Waals surface area contributed by atoms with E-state index >= 15 is 0 Å². The zero-order valence-electron chi connectivity index (χ0n) is 35.6. The molecule has 7 rings (SSSR count). The molecule has 0 saturated carbocycles. The Morgan fingerprint density at radius 1 is 0.952 bits per heavy atom. The van der Waals surface area contributed by atoms with Gasteiger partial charge in [0.05, 0.1) is 23.7 Å². The second-order valence-electron chi connectivity index (χ2n) is 16.8. The molecule has 4 heterocycles. The zero-order chi connectivity index (χ0) is 44.9. The highest BCUT2D eigenvalue weighted by atomic mass is 32.2. The van der Waals surface area contributed by atoms with Crippen molar-refractivity contribution in [2.75, 3.05) is 31.3 Å². The zero-order valence-corrected chi connectivity index (χ0v) is 36.4. The standard InChI is InChI=1S/C46H47N7O8S/c1-8-26-22-45(2,3)52(6)37-20-40-35(18-32(26)37)42(36-19-33-29(25-62(58,59)60)23-46(4,5)53(7)38(33)21-41(36)61-40)31-12-11-28(17-34(31)44(56)57)43(55)49-14-9-10-39(54)27-13-15-48-30(16-27)24-50-51-47/h11-13,15-23H,8-10,14,24-25H2,1-7H3,(H2-,49,55,56,57,58,59,60)/p+1. The molecule has 4 aromatic rings. The molecule has 3 N–H and O–H groups in total. The Morgan fingerprint density at radius 3 is 2.40 bits per heavy atom. The number of Topliss-reactive ketones (excluding diaryl/α,β-unsaturated/α-hetero) is 1. The fourth-order valence-electron chi connectivity index (χ4n) is 8.37. The molecule has 1 aromatic heterocycles. The van der Waals surface area contributed by atoms with Gasteiger partial charge in [-0.05, 0) is 91.4 Å². The molecular weight excluding hydrogens is 811 g/mol. The maximum Gasteiger partial charge on any atom is 0.336 e. The molecule has 62 heavy (non-hydrogen) atoms. The molecule has 0 spiro atoms. The van der Waals surface area contributed by atoms with Crippen molar-refractivity contribution >= 4 is 50.2 Å². The summed E-state index contributed by atoms with van der Waals surface area (Å²) in [5, 5.41) is 18.6. The first-order valence-electron chi connectivity index (χ1n) is 20.2. The number of allylic oxidation sites excluding steroid dienone is 1. The number of carbonyl (C=O) groups excluding carboxylic acids is 2. The summed E-state index contributed by atoms with van der Waals surface area (Å²) in [4.78, 5) is 48.4. The van der Waals surface area contributed by atoms with Crippen LogP contribution in [0.25, 0.3) is 27.2 Å². The number of ether oxygens (including phenoxy) is 1. The van der Waals surface area contributed by atoms with Crippen LogP contribution in [0.1, 0.15) is 113 Å². The first-order valence-corrected chi connectivity index (χ1v) is 21.8. The van der Waals surface area contributed by atoms with Gasteiger partial charge < -0.3 is 20.1 Å². The summed E-state index contributed by atoms with van der Waals surface area (Å²) in [7, 11) is -0.548. The minimum absolute atomic E-state index is 0.0133. The Kier molecular flexibility index (Phi) is 11.5. The van der Waals surface area contributed by atoms with Crippen LogP contribution in [0.4, 0.5) is 5.69 Å². The number of rotatable bonds is 13. The van der Waals surface area contributed by atoms with Gasteiger partial charge in [-0.15, -0.1) is 0 Å². The molecule has 320 valence electrons. The number of carboxylic acids is 1. The lowest BCUT2D eigenvalue weighted by Gasteiger charge is -2.41. The van der Waals surface area contributed by atoms with Gasteiger partial charge in [0, 0.05) is 101 Å². The number of aromatic carboxylic acids is 1. The van der Waals surface area contributed by atoms with Crippen LogP contribution in [-0.2, 0) is 16.7 Å². The number of likely N-dealkylation sites (N-methyl/N-ethyl adjacent to an activating group) is 2. The van der Waals surface area contributed by atoms with E-state index in [0.717, 1.165) is 22.9 Å². The summed E-state index contributed by atoms with van der Waals surface area (Å²) in [6.07, 6.45) is 6.65. The normalized spacial score (nSPS) is 15.7. The van der Waals surface area contributed by atoms with Crippen LogP contribution in [-0.4, -0.2) is 78.2 Å². The predicted molar refractivity (Wildman–Crippen MR) is 237 cm³/mol. The van der Waals surface area contributed by atoms with Crippen molar-refractivity contribution in [3.05, 3.63) is 139 Å². The number of fused-ring (bicyclic) bond motifs is 4. The molecule has 0 atom stereocenters. The Labute approximate surface area is 359 Å². The molecule has 0 saturated heterocycles. The van der Waals surface area contributed by atoms with Crippen LogP contribution in [0.3, 0.4) is 0 Å². The number of hydrogen-bond acceptors (Lipinski definition) is 9. The highest BCUT2D eigenvalue weighted by molar-refractivity contribution is 7.86. The number of azide groups is 1. The first kappa shape index (κ1) is 43.5. The maximum absolute atomic E-state index is 13.5. The van der Waals surface area contributed by atoms with Crippen LogP contribution in [0, 0.1) is 0 Å². The summed E-state index contributed by atoms with van der Waals surface area (Å²) >= 11 is 0. The fourth-order valence-corrected chi connectivity index (χ4v) is 9.00. The number of anilines is 1. The Hall–Kier alpha value is -6.61. The van der Waals surface area contributed by atoms with Crippen molar-refractivity contribution in [1.82, 2.24) is 14.9 Å². The second-order valence-corrected chi connectivity index (χ2v) is 18.3. The third kappa shape index (κ3) is 8.36. The van der Waals surface area contributed by atoms with Crippen LogP contribution in [0.2, 0.25) is 0 Å². The molecular formula is C46H48N7O8S+. The van der Waals surface area contributed by atoms with E-state index in [4.69, 9.17) is 10.3 Å². The smallest absolute Gasteiger partial charge is 0.336 e. The van der Waals surface area contributed by atoms with Crippen LogP contribution < -0.4 is 30.1 Å². The maximum atomic E-state index is 13.5. The molecule has 3 aromatic carbocycles. The highest BCUT2D eigenvalue weighted by Crippen LogP contribution is 2.47. The van der Waals surface area contributed by atoms with Crippen molar-refractivity contribution in [1.29, 1.82) is 0 Å². The lowest BCUT2D eigenvalue weighted by molar-refractivity contribution is 0.0696. The van der Waals surface area contributed by atoms with E-state index in [1.54, 1.807) is 36.4 Å². The van der Waals surface area contributed by atoms with Crippen LogP contribution in [0.5, 0.6) is 11.5 Å². The summed E-state index contributed by atoms with van der Waals surface area (Å²) < 4.78 is 43.7. The van der Waals surface area contributed by atoms with Gasteiger partial charge in [-0.2, -0.15) is 8.42 Å². The van der Waals surface area contributed by atoms with E-state index in [2.05, 4.69) is 51.7 Å². The van der Waals surface area contributed by atoms with Gasteiger partial charge in [-0.1, -0.05) is 24.2 Å². The fraction of sp³-hybridized carbons (Fsp3) is 0.326. The van der Waals surface area contributed by atoms with Crippen molar-refractivity contribution in [3.8, 4) is 11.5 Å². The van der Waals surface area contributed by atoms with Gasteiger partial charge in [0.2, 0.25) is 5.36 Å². The number of nitrogens with zero attached hydrogens (tertiary/aromatic N) is 6. The van der Waals surface area contributed by atoms with Crippen molar-refractivity contribution < 1.29 is 37.2 Å². The number of hydrogen-bond donors (Lipinski definition) is 3. The molecule has 1 amide bonds. The minimum atomic E-state index is -4.45. The molecule has 15 nitrogen and oxygen atoms in total. The average molecular weight is 859 g/mol. The summed E-state index contributed by atoms with van der Waals surface area (Å²) in [5.41, 5.74) is 13.4. The Balaban J connectivity index is 1.32. The highest BCUT2D eigenvalue weighted by Gasteiger charge is 2.37. The van der Waals surface area contributed by atoms with E-state index in [0.29, 0.717) is 67.9 Å². The largest absolute Gasteiger partial charge is 0.478 e. The monoisotopic (exact) mass is 858 g/mol. The summed E-state index contributed by atoms with van der Waals surface area (Å²) in [5.74, 6) is -1.71. The topological polar surface area (TPSA) is 215 Å². The molecule has 3 aliphatic rings. The van der Waals surface area contributed by atoms with E-state index in [1.165, 1.54) is 12.3 Å². The van der Waals surface area contributed by atoms with Gasteiger partial charge in [0.1, 0.15) is 24.3 Å².